The van der Waals surface area contributed by atoms with Gasteiger partial charge in [-0.25, -0.2) is 5.48 Å². The molecule has 2 rings (SSSR count). The molecule has 0 saturated carbocycles. The summed E-state index contributed by atoms with van der Waals surface area (Å²) < 4.78 is 1.27. The number of thiophene rings is 1. The Morgan fingerprint density at radius 2 is 2.17 bits per heavy atom. The third-order valence-corrected chi connectivity index (χ3v) is 2.84. The average molecular weight is 179 g/mol. The lowest BCUT2D eigenvalue weighted by Crippen LogP contribution is -2.04. The van der Waals surface area contributed by atoms with Gasteiger partial charge in [-0.1, -0.05) is 18.2 Å². The van der Waals surface area contributed by atoms with E-state index in [1.807, 2.05) is 12.1 Å². The summed E-state index contributed by atoms with van der Waals surface area (Å²) in [7, 11) is 0. The fraction of sp³-hybridized carbons (Fsp3) is 0.111. The molecule has 0 aliphatic rings. The van der Waals surface area contributed by atoms with Gasteiger partial charge in [0.2, 0.25) is 0 Å². The van der Waals surface area contributed by atoms with Crippen LogP contribution < -0.4 is 5.48 Å². The van der Waals surface area contributed by atoms with Crippen molar-refractivity contribution in [2.75, 3.05) is 0 Å². The zero-order valence-corrected chi connectivity index (χ0v) is 7.27. The Kier molecular flexibility index (Phi) is 2.08. The second-order valence-corrected chi connectivity index (χ2v) is 3.50. The molecule has 1 aromatic carbocycles. The van der Waals surface area contributed by atoms with Crippen LogP contribution in [0.15, 0.2) is 29.6 Å². The maximum Gasteiger partial charge on any atom is 0.0472 e. The summed E-state index contributed by atoms with van der Waals surface area (Å²) in [5.41, 5.74) is 3.32. The average Bonchev–Trinajstić information content (AvgIpc) is 2.50. The molecule has 3 heteroatoms. The van der Waals surface area contributed by atoms with Gasteiger partial charge < -0.3 is 5.21 Å². The smallest absolute Gasteiger partial charge is 0.0472 e. The third kappa shape index (κ3) is 1.22. The van der Waals surface area contributed by atoms with E-state index in [4.69, 9.17) is 5.21 Å². The second-order valence-electron chi connectivity index (χ2n) is 2.59. The molecule has 0 aliphatic carbocycles. The van der Waals surface area contributed by atoms with E-state index in [1.165, 1.54) is 10.1 Å². The quantitative estimate of drug-likeness (QED) is 0.694. The molecule has 0 atom stereocenters. The second kappa shape index (κ2) is 3.23. The first-order valence-corrected chi connectivity index (χ1v) is 4.62. The van der Waals surface area contributed by atoms with Gasteiger partial charge in [0.05, 0.1) is 0 Å². The van der Waals surface area contributed by atoms with Gasteiger partial charge in [0.25, 0.3) is 0 Å². The number of nitrogens with one attached hydrogen (secondary N) is 1. The van der Waals surface area contributed by atoms with Crippen LogP contribution in [-0.4, -0.2) is 5.21 Å². The molecular weight excluding hydrogens is 170 g/mol. The van der Waals surface area contributed by atoms with E-state index < -0.39 is 0 Å². The monoisotopic (exact) mass is 179 g/mol. The number of benzene rings is 1. The van der Waals surface area contributed by atoms with E-state index in [0.717, 1.165) is 5.56 Å². The van der Waals surface area contributed by atoms with Crippen LogP contribution in [0.1, 0.15) is 5.56 Å². The molecule has 62 valence electrons. The highest BCUT2D eigenvalue weighted by molar-refractivity contribution is 7.17. The molecule has 0 bridgehead atoms. The van der Waals surface area contributed by atoms with Crippen LogP contribution in [0.2, 0.25) is 0 Å². The predicted molar refractivity (Wildman–Crippen MR) is 50.5 cm³/mol. The molecule has 0 unspecified atom stereocenters. The van der Waals surface area contributed by atoms with Crippen LogP contribution in [0.5, 0.6) is 0 Å². The zero-order chi connectivity index (χ0) is 8.39. The van der Waals surface area contributed by atoms with Crippen molar-refractivity contribution in [3.8, 4) is 0 Å². The van der Waals surface area contributed by atoms with Crippen LogP contribution >= 0.6 is 11.3 Å². The van der Waals surface area contributed by atoms with Crippen molar-refractivity contribution >= 4 is 21.4 Å². The van der Waals surface area contributed by atoms with E-state index in [9.17, 15) is 0 Å². The normalized spacial score (nSPS) is 10.8. The molecule has 0 amide bonds. The predicted octanol–water partition coefficient (Wildman–Crippen LogP) is 2.38. The number of hydroxylamine groups is 1. The van der Waals surface area contributed by atoms with Crippen molar-refractivity contribution < 1.29 is 5.21 Å². The van der Waals surface area contributed by atoms with Gasteiger partial charge >= 0.3 is 0 Å². The largest absolute Gasteiger partial charge is 0.316 e. The highest BCUT2D eigenvalue weighted by Gasteiger charge is 2.00. The van der Waals surface area contributed by atoms with Crippen LogP contribution in [-0.2, 0) is 6.54 Å². The summed E-state index contributed by atoms with van der Waals surface area (Å²) in [5, 5.41) is 11.8. The van der Waals surface area contributed by atoms with Crippen molar-refractivity contribution in [1.29, 1.82) is 0 Å². The van der Waals surface area contributed by atoms with Gasteiger partial charge in [-0.3, -0.25) is 0 Å². The van der Waals surface area contributed by atoms with E-state index in [0.29, 0.717) is 6.54 Å². The maximum atomic E-state index is 8.55. The molecule has 12 heavy (non-hydrogen) atoms. The van der Waals surface area contributed by atoms with Crippen LogP contribution in [0.3, 0.4) is 0 Å². The first-order valence-electron chi connectivity index (χ1n) is 3.74. The minimum atomic E-state index is 0.518. The Bertz CT molecular complexity index is 383. The SMILES string of the molecule is ONCc1csc2ccccc12. The summed E-state index contributed by atoms with van der Waals surface area (Å²) in [6.45, 7) is 0.518. The Balaban J connectivity index is 2.55. The molecule has 2 N–H and O–H groups in total. The number of hydrogen-bond acceptors (Lipinski definition) is 3. The number of rotatable bonds is 2. The van der Waals surface area contributed by atoms with E-state index >= 15 is 0 Å². The summed E-state index contributed by atoms with van der Waals surface area (Å²) >= 11 is 1.70. The minimum absolute atomic E-state index is 0.518. The van der Waals surface area contributed by atoms with Gasteiger partial charge in [0.15, 0.2) is 0 Å². The molecule has 0 aliphatic heterocycles. The molecule has 1 heterocycles. The summed E-state index contributed by atoms with van der Waals surface area (Å²) in [5.74, 6) is 0. The molecule has 0 spiro atoms. The molecule has 0 fully saturated rings. The van der Waals surface area contributed by atoms with Crippen molar-refractivity contribution in [1.82, 2.24) is 5.48 Å². The third-order valence-electron chi connectivity index (χ3n) is 1.83. The van der Waals surface area contributed by atoms with Crippen molar-refractivity contribution in [3.05, 3.63) is 35.2 Å². The molecule has 2 nitrogen and oxygen atoms in total. The lowest BCUT2D eigenvalue weighted by molar-refractivity contribution is 0.162. The number of hydrogen-bond donors (Lipinski definition) is 2. The van der Waals surface area contributed by atoms with E-state index in [2.05, 4.69) is 23.0 Å². The van der Waals surface area contributed by atoms with Crippen LogP contribution in [0.25, 0.3) is 10.1 Å². The molecule has 1 aromatic heterocycles. The first kappa shape index (κ1) is 7.73. The standard InChI is InChI=1S/C9H9NOS/c11-10-5-7-6-12-9-4-2-1-3-8(7)9/h1-4,6,10-11H,5H2. The van der Waals surface area contributed by atoms with Crippen LogP contribution in [0, 0.1) is 0 Å². The minimum Gasteiger partial charge on any atom is -0.316 e. The Morgan fingerprint density at radius 3 is 3.00 bits per heavy atom. The maximum absolute atomic E-state index is 8.55. The van der Waals surface area contributed by atoms with Crippen LogP contribution in [0.4, 0.5) is 0 Å². The Hall–Kier alpha value is -0.900. The lowest BCUT2D eigenvalue weighted by atomic mass is 10.2. The van der Waals surface area contributed by atoms with Crippen molar-refractivity contribution in [3.63, 3.8) is 0 Å². The van der Waals surface area contributed by atoms with Gasteiger partial charge in [0, 0.05) is 11.2 Å². The highest BCUT2D eigenvalue weighted by Crippen LogP contribution is 2.25. The molecular formula is C9H9NOS. The molecule has 2 aromatic rings. The lowest BCUT2D eigenvalue weighted by Gasteiger charge is -1.95. The highest BCUT2D eigenvalue weighted by atomic mass is 32.1. The molecule has 0 saturated heterocycles. The fourth-order valence-corrected chi connectivity index (χ4v) is 2.22. The Labute approximate surface area is 74.4 Å². The van der Waals surface area contributed by atoms with E-state index in [1.54, 1.807) is 11.3 Å². The van der Waals surface area contributed by atoms with Gasteiger partial charge in [-0.05, 0) is 22.4 Å². The summed E-state index contributed by atoms with van der Waals surface area (Å²) in [6.07, 6.45) is 0. The topological polar surface area (TPSA) is 32.3 Å². The Morgan fingerprint density at radius 1 is 1.33 bits per heavy atom. The van der Waals surface area contributed by atoms with Gasteiger partial charge in [0.1, 0.15) is 0 Å². The summed E-state index contributed by atoms with van der Waals surface area (Å²) in [4.78, 5) is 0. The van der Waals surface area contributed by atoms with Gasteiger partial charge in [-0.15, -0.1) is 11.3 Å². The zero-order valence-electron chi connectivity index (χ0n) is 6.45. The molecule has 0 radical (unpaired) electrons. The summed E-state index contributed by atoms with van der Waals surface area (Å²) in [6, 6.07) is 8.18. The van der Waals surface area contributed by atoms with E-state index in [-0.39, 0.29) is 0 Å². The number of fused-ring (bicyclic) bond motifs is 1. The fourth-order valence-electron chi connectivity index (χ4n) is 1.25. The first-order chi connectivity index (χ1) is 5.92. The van der Waals surface area contributed by atoms with Crippen molar-refractivity contribution in [2.24, 2.45) is 0 Å². The van der Waals surface area contributed by atoms with Crippen molar-refractivity contribution in [2.45, 2.75) is 6.54 Å². The van der Waals surface area contributed by atoms with Gasteiger partial charge in [-0.2, -0.15) is 0 Å².